The van der Waals surface area contributed by atoms with E-state index < -0.39 is 14.4 Å². The van der Waals surface area contributed by atoms with E-state index in [0.29, 0.717) is 0 Å². The SMILES string of the molecule is C[CH2][AlH-]([CH2]C)[N]1CCCCC1.[Na+]. The average molecular weight is 193 g/mol. The van der Waals surface area contributed by atoms with Gasteiger partial charge in [-0.3, -0.25) is 0 Å². The predicted molar refractivity (Wildman–Crippen MR) is 53.5 cm³/mol. The van der Waals surface area contributed by atoms with Gasteiger partial charge in [0.2, 0.25) is 14.4 Å². The molecule has 1 nitrogen and oxygen atoms in total. The summed E-state index contributed by atoms with van der Waals surface area (Å²) in [6.45, 7) is 7.64. The van der Waals surface area contributed by atoms with Crippen LogP contribution < -0.4 is 29.6 Å². The zero-order valence-electron chi connectivity index (χ0n) is 9.10. The summed E-state index contributed by atoms with van der Waals surface area (Å²) in [4.78, 5) is 0. The molecule has 0 atom stereocenters. The molecule has 0 aromatic heterocycles. The molecular weight excluding hydrogens is 172 g/mol. The van der Waals surface area contributed by atoms with Gasteiger partial charge in [0.05, 0.1) is 0 Å². The van der Waals surface area contributed by atoms with E-state index in [0.717, 1.165) is 0 Å². The van der Waals surface area contributed by atoms with Crippen molar-refractivity contribution in [3.63, 3.8) is 0 Å². The number of rotatable bonds is 3. The van der Waals surface area contributed by atoms with E-state index in [1.54, 1.807) is 0 Å². The number of hydrogen-bond acceptors (Lipinski definition) is 1. The molecular formula is C9H21AlNNa. The van der Waals surface area contributed by atoms with Crippen LogP contribution in [0.25, 0.3) is 0 Å². The third-order valence-corrected chi connectivity index (χ3v) is 7.44. The summed E-state index contributed by atoms with van der Waals surface area (Å²) < 4.78 is 2.85. The Balaban J connectivity index is 0.00000121. The van der Waals surface area contributed by atoms with Crippen LogP contribution in [0.15, 0.2) is 0 Å². The van der Waals surface area contributed by atoms with E-state index in [4.69, 9.17) is 0 Å². The van der Waals surface area contributed by atoms with Gasteiger partial charge in [0.15, 0.2) is 0 Å². The Morgan fingerprint density at radius 1 is 1.00 bits per heavy atom. The van der Waals surface area contributed by atoms with Crippen LogP contribution in [0.4, 0.5) is 0 Å². The minimum Gasteiger partial charge on any atom is -0.516 e. The Kier molecular flexibility index (Phi) is 8.83. The topological polar surface area (TPSA) is 3.24 Å². The van der Waals surface area contributed by atoms with Crippen LogP contribution in [-0.2, 0) is 0 Å². The molecule has 0 aromatic rings. The zero-order chi connectivity index (χ0) is 8.10. The molecule has 0 radical (unpaired) electrons. The molecule has 1 aliphatic heterocycles. The van der Waals surface area contributed by atoms with Crippen LogP contribution >= 0.6 is 0 Å². The fourth-order valence-electron chi connectivity index (χ4n) is 2.39. The minimum absolute atomic E-state index is 0. The van der Waals surface area contributed by atoms with E-state index in [1.165, 1.54) is 42.9 Å². The standard InChI is InChI=1S/C5H10N.2C2H5.Al.Na.H/c1-2-4-6-5-3-1;2*1-2;;;/h1-5H2;2*1H2,2H3;;;/q-1;;;;+1;. The van der Waals surface area contributed by atoms with Crippen LogP contribution in [0.1, 0.15) is 33.1 Å². The smallest absolute Gasteiger partial charge is 0.516 e. The molecule has 1 fully saturated rings. The van der Waals surface area contributed by atoms with Crippen LogP contribution in [0.3, 0.4) is 0 Å². The summed E-state index contributed by atoms with van der Waals surface area (Å²) in [5, 5.41) is 3.01. The molecule has 12 heavy (non-hydrogen) atoms. The largest absolute Gasteiger partial charge is 1.00 e. The first-order valence-corrected chi connectivity index (χ1v) is 8.00. The number of hydrogen-bond donors (Lipinski definition) is 0. The van der Waals surface area contributed by atoms with Crippen molar-refractivity contribution in [2.75, 3.05) is 13.1 Å². The normalized spacial score (nSPS) is 19.2. The molecule has 1 rings (SSSR count). The van der Waals surface area contributed by atoms with Gasteiger partial charge in [-0.2, -0.15) is 10.6 Å². The van der Waals surface area contributed by atoms with Gasteiger partial charge in [-0.25, -0.2) is 0 Å². The van der Waals surface area contributed by atoms with Crippen molar-refractivity contribution in [3.05, 3.63) is 0 Å². The molecule has 66 valence electrons. The average Bonchev–Trinajstić information content (AvgIpc) is 2.09. The molecule has 0 saturated carbocycles. The second kappa shape index (κ2) is 7.86. The van der Waals surface area contributed by atoms with Crippen LogP contribution in [0.2, 0.25) is 10.6 Å². The predicted octanol–water partition coefficient (Wildman–Crippen LogP) is -0.760. The molecule has 0 aliphatic carbocycles. The van der Waals surface area contributed by atoms with Gasteiger partial charge in [0.1, 0.15) is 0 Å². The molecule has 3 heteroatoms. The first-order valence-electron chi connectivity index (χ1n) is 5.36. The first-order chi connectivity index (χ1) is 5.38. The van der Waals surface area contributed by atoms with Gasteiger partial charge in [0.25, 0.3) is 0 Å². The maximum absolute atomic E-state index is 2.85. The summed E-state index contributed by atoms with van der Waals surface area (Å²) in [6, 6.07) is 0. The van der Waals surface area contributed by atoms with Crippen molar-refractivity contribution >= 4 is 14.4 Å². The minimum atomic E-state index is -0.790. The van der Waals surface area contributed by atoms with E-state index in [2.05, 4.69) is 17.7 Å². The number of nitrogens with zero attached hydrogens (tertiary/aromatic N) is 1. The van der Waals surface area contributed by atoms with Gasteiger partial charge in [0, 0.05) is 0 Å². The van der Waals surface area contributed by atoms with Crippen LogP contribution in [-0.4, -0.2) is 31.3 Å². The van der Waals surface area contributed by atoms with E-state index in [-0.39, 0.29) is 29.6 Å². The molecule has 1 saturated heterocycles. The second-order valence-electron chi connectivity index (χ2n) is 3.98. The van der Waals surface area contributed by atoms with Gasteiger partial charge < -0.3 is 3.88 Å². The summed E-state index contributed by atoms with van der Waals surface area (Å²) in [6.07, 6.45) is 4.43. The van der Waals surface area contributed by atoms with Crippen molar-refractivity contribution in [1.82, 2.24) is 3.88 Å². The Bertz CT molecular complexity index is 101. The Hall–Kier alpha value is 1.49. The molecule has 1 aliphatic rings. The molecule has 0 N–H and O–H groups in total. The first kappa shape index (κ1) is 13.5. The van der Waals surface area contributed by atoms with Crippen molar-refractivity contribution < 1.29 is 29.6 Å². The quantitative estimate of drug-likeness (QED) is 0.533. The molecule has 0 aromatic carbocycles. The van der Waals surface area contributed by atoms with Gasteiger partial charge in [-0.15, -0.1) is 13.8 Å². The van der Waals surface area contributed by atoms with E-state index >= 15 is 0 Å². The Morgan fingerprint density at radius 3 is 1.92 bits per heavy atom. The zero-order valence-corrected chi connectivity index (χ0v) is 12.5. The molecule has 1 heterocycles. The van der Waals surface area contributed by atoms with Crippen LogP contribution in [0.5, 0.6) is 0 Å². The summed E-state index contributed by atoms with van der Waals surface area (Å²) >= 11 is -0.790. The fourth-order valence-corrected chi connectivity index (χ4v) is 5.71. The van der Waals surface area contributed by atoms with Crippen molar-refractivity contribution in [2.45, 2.75) is 43.7 Å². The van der Waals surface area contributed by atoms with Gasteiger partial charge in [-0.05, 0) is 25.9 Å². The Labute approximate surface area is 104 Å². The van der Waals surface area contributed by atoms with Crippen molar-refractivity contribution in [3.8, 4) is 0 Å². The maximum atomic E-state index is 2.85. The summed E-state index contributed by atoms with van der Waals surface area (Å²) in [7, 11) is 0. The third-order valence-electron chi connectivity index (χ3n) is 3.24. The molecule has 0 spiro atoms. The third kappa shape index (κ3) is 4.13. The van der Waals surface area contributed by atoms with Crippen molar-refractivity contribution in [1.29, 1.82) is 0 Å². The monoisotopic (exact) mass is 193 g/mol. The number of piperidine rings is 1. The van der Waals surface area contributed by atoms with Gasteiger partial charge >= 0.3 is 29.6 Å². The summed E-state index contributed by atoms with van der Waals surface area (Å²) in [5.74, 6) is 0. The second-order valence-corrected chi connectivity index (χ2v) is 8.48. The molecule has 0 bridgehead atoms. The maximum Gasteiger partial charge on any atom is 1.00 e. The van der Waals surface area contributed by atoms with E-state index in [9.17, 15) is 0 Å². The van der Waals surface area contributed by atoms with Gasteiger partial charge in [-0.1, -0.05) is 6.42 Å². The van der Waals surface area contributed by atoms with E-state index in [1.807, 2.05) is 0 Å². The fraction of sp³-hybridized carbons (Fsp3) is 1.00. The summed E-state index contributed by atoms with van der Waals surface area (Å²) in [5.41, 5.74) is 0. The van der Waals surface area contributed by atoms with Crippen LogP contribution in [0, 0.1) is 0 Å². The van der Waals surface area contributed by atoms with Crippen molar-refractivity contribution in [2.24, 2.45) is 0 Å². The molecule has 0 unspecified atom stereocenters. The molecule has 0 amide bonds. The Morgan fingerprint density at radius 2 is 1.50 bits per heavy atom.